The predicted octanol–water partition coefficient (Wildman–Crippen LogP) is 2.65. The number of nitrogens with one attached hydrogen (secondary N) is 2. The fraction of sp³-hybridized carbons (Fsp3) is 0.136. The van der Waals surface area contributed by atoms with Crippen molar-refractivity contribution in [2.45, 2.75) is 16.5 Å². The van der Waals surface area contributed by atoms with Crippen LogP contribution in [0.5, 0.6) is 0 Å². The van der Waals surface area contributed by atoms with Crippen molar-refractivity contribution >= 4 is 50.2 Å². The van der Waals surface area contributed by atoms with Gasteiger partial charge in [-0.05, 0) is 42.5 Å². The Morgan fingerprint density at radius 2 is 1.74 bits per heavy atom. The van der Waals surface area contributed by atoms with Crippen LogP contribution in [-0.2, 0) is 21.9 Å². The fourth-order valence-corrected chi connectivity index (χ4v) is 4.90. The molecule has 0 aliphatic carbocycles. The first-order valence-corrected chi connectivity index (χ1v) is 12.6. The molecule has 0 unspecified atom stereocenters. The second-order valence-electron chi connectivity index (χ2n) is 7.12. The monoisotopic (exact) mass is 496 g/mol. The highest BCUT2D eigenvalue weighted by molar-refractivity contribution is 7.99. The van der Waals surface area contributed by atoms with Crippen molar-refractivity contribution in [1.29, 1.82) is 0 Å². The van der Waals surface area contributed by atoms with E-state index in [1.165, 1.54) is 53.0 Å². The molecule has 4 rings (SSSR count). The predicted molar refractivity (Wildman–Crippen MR) is 130 cm³/mol. The standard InChI is InChI=1S/C22H20N6O4S2/c1-28-20(30)17-5-2-3-6-18(17)26-22(28)33-14-11-19(29)25-15-7-9-16(10-8-15)34(31,32)27-21-23-12-4-13-24-21/h2-10,12-13H,11,14H2,1H3,(H,25,29)(H,23,24,27). The lowest BCUT2D eigenvalue weighted by Crippen LogP contribution is -2.20. The van der Waals surface area contributed by atoms with Gasteiger partial charge in [-0.15, -0.1) is 0 Å². The molecule has 174 valence electrons. The Morgan fingerprint density at radius 3 is 2.47 bits per heavy atom. The van der Waals surface area contributed by atoms with Crippen LogP contribution in [0.1, 0.15) is 6.42 Å². The number of sulfonamides is 1. The number of anilines is 2. The Kier molecular flexibility index (Phi) is 6.89. The van der Waals surface area contributed by atoms with Crippen LogP contribution < -0.4 is 15.6 Å². The molecule has 0 spiro atoms. The molecule has 34 heavy (non-hydrogen) atoms. The molecule has 0 radical (unpaired) electrons. The second-order valence-corrected chi connectivity index (χ2v) is 9.87. The molecule has 0 saturated heterocycles. The van der Waals surface area contributed by atoms with Crippen molar-refractivity contribution in [3.8, 4) is 0 Å². The van der Waals surface area contributed by atoms with E-state index in [2.05, 4.69) is 25.0 Å². The van der Waals surface area contributed by atoms with Gasteiger partial charge in [0, 0.05) is 37.3 Å². The Labute approximate surface area is 199 Å². The van der Waals surface area contributed by atoms with Crippen LogP contribution >= 0.6 is 11.8 Å². The summed E-state index contributed by atoms with van der Waals surface area (Å²) in [6.45, 7) is 0. The molecule has 0 atom stereocenters. The number of carbonyl (C=O) groups excluding carboxylic acids is 1. The molecule has 1 amide bonds. The second kappa shape index (κ2) is 10.0. The van der Waals surface area contributed by atoms with Crippen LogP contribution in [-0.4, -0.2) is 39.6 Å². The van der Waals surface area contributed by atoms with Crippen LogP contribution in [0.4, 0.5) is 11.6 Å². The number of hydrogen-bond acceptors (Lipinski definition) is 8. The van der Waals surface area contributed by atoms with E-state index >= 15 is 0 Å². The summed E-state index contributed by atoms with van der Waals surface area (Å²) in [6.07, 6.45) is 3.04. The zero-order valence-corrected chi connectivity index (χ0v) is 19.6. The summed E-state index contributed by atoms with van der Waals surface area (Å²) in [4.78, 5) is 37.0. The molecule has 0 fully saturated rings. The first kappa shape index (κ1) is 23.4. The normalized spacial score (nSPS) is 11.3. The van der Waals surface area contributed by atoms with Gasteiger partial charge >= 0.3 is 0 Å². The van der Waals surface area contributed by atoms with Crippen molar-refractivity contribution in [2.75, 3.05) is 15.8 Å². The number of nitrogens with zero attached hydrogens (tertiary/aromatic N) is 4. The number of carbonyl (C=O) groups is 1. The molecule has 0 bridgehead atoms. The van der Waals surface area contributed by atoms with Crippen LogP contribution in [0.15, 0.2) is 81.8 Å². The maximum Gasteiger partial charge on any atom is 0.264 e. The summed E-state index contributed by atoms with van der Waals surface area (Å²) < 4.78 is 28.6. The number of hydrogen-bond donors (Lipinski definition) is 2. The zero-order chi connectivity index (χ0) is 24.1. The number of thioether (sulfide) groups is 1. The first-order chi connectivity index (χ1) is 16.3. The molecule has 2 heterocycles. The highest BCUT2D eigenvalue weighted by Gasteiger charge is 2.16. The van der Waals surface area contributed by atoms with Gasteiger partial charge in [-0.3, -0.25) is 14.2 Å². The number of aromatic nitrogens is 4. The molecular formula is C22H20N6O4S2. The summed E-state index contributed by atoms with van der Waals surface area (Å²) in [7, 11) is -2.20. The third-order valence-electron chi connectivity index (χ3n) is 4.74. The van der Waals surface area contributed by atoms with Crippen molar-refractivity contribution in [1.82, 2.24) is 19.5 Å². The van der Waals surface area contributed by atoms with Crippen molar-refractivity contribution in [2.24, 2.45) is 7.05 Å². The average molecular weight is 497 g/mol. The zero-order valence-electron chi connectivity index (χ0n) is 18.0. The van der Waals surface area contributed by atoms with E-state index in [1.54, 1.807) is 31.3 Å². The van der Waals surface area contributed by atoms with Crippen LogP contribution in [0, 0.1) is 0 Å². The minimum absolute atomic E-state index is 0.0109. The lowest BCUT2D eigenvalue weighted by atomic mass is 10.2. The molecule has 2 N–H and O–H groups in total. The molecule has 2 aromatic carbocycles. The Bertz CT molecular complexity index is 1490. The summed E-state index contributed by atoms with van der Waals surface area (Å²) in [5.74, 6) is 0.137. The Morgan fingerprint density at radius 1 is 1.03 bits per heavy atom. The smallest absolute Gasteiger partial charge is 0.264 e. The molecule has 0 aliphatic rings. The maximum atomic E-state index is 12.5. The highest BCUT2D eigenvalue weighted by Crippen LogP contribution is 2.19. The minimum Gasteiger partial charge on any atom is -0.326 e. The average Bonchev–Trinajstić information content (AvgIpc) is 2.83. The quantitative estimate of drug-likeness (QED) is 0.281. The van der Waals surface area contributed by atoms with E-state index < -0.39 is 10.0 Å². The Hall–Kier alpha value is -3.77. The van der Waals surface area contributed by atoms with Crippen molar-refractivity contribution in [3.05, 3.63) is 77.3 Å². The van der Waals surface area contributed by atoms with Crippen LogP contribution in [0.25, 0.3) is 10.9 Å². The van der Waals surface area contributed by atoms with Crippen LogP contribution in [0.3, 0.4) is 0 Å². The van der Waals surface area contributed by atoms with Gasteiger partial charge < -0.3 is 5.32 Å². The lowest BCUT2D eigenvalue weighted by Gasteiger charge is -2.09. The third kappa shape index (κ3) is 5.41. The Balaban J connectivity index is 1.34. The molecule has 0 aliphatic heterocycles. The van der Waals surface area contributed by atoms with E-state index in [-0.39, 0.29) is 28.7 Å². The number of amides is 1. The van der Waals surface area contributed by atoms with E-state index in [9.17, 15) is 18.0 Å². The number of benzene rings is 2. The van der Waals surface area contributed by atoms with Gasteiger partial charge in [-0.25, -0.2) is 28.1 Å². The minimum atomic E-state index is -3.85. The molecular weight excluding hydrogens is 476 g/mol. The van der Waals surface area contributed by atoms with Crippen molar-refractivity contribution in [3.63, 3.8) is 0 Å². The molecule has 12 heteroatoms. The summed E-state index contributed by atoms with van der Waals surface area (Å²) >= 11 is 1.31. The first-order valence-electron chi connectivity index (χ1n) is 10.1. The largest absolute Gasteiger partial charge is 0.326 e. The van der Waals surface area contributed by atoms with E-state index in [4.69, 9.17) is 0 Å². The van der Waals surface area contributed by atoms with E-state index in [0.29, 0.717) is 27.5 Å². The molecule has 10 nitrogen and oxygen atoms in total. The lowest BCUT2D eigenvalue weighted by molar-refractivity contribution is -0.115. The van der Waals surface area contributed by atoms with Gasteiger partial charge in [0.05, 0.1) is 15.8 Å². The van der Waals surface area contributed by atoms with E-state index in [0.717, 1.165) is 0 Å². The topological polar surface area (TPSA) is 136 Å². The SMILES string of the molecule is Cn1c(SCCC(=O)Nc2ccc(S(=O)(=O)Nc3ncccn3)cc2)nc2ccccc2c1=O. The highest BCUT2D eigenvalue weighted by atomic mass is 32.2. The van der Waals surface area contributed by atoms with Gasteiger partial charge in [0.2, 0.25) is 11.9 Å². The molecule has 0 saturated carbocycles. The van der Waals surface area contributed by atoms with Crippen LogP contribution in [0.2, 0.25) is 0 Å². The third-order valence-corrected chi connectivity index (χ3v) is 7.12. The van der Waals surface area contributed by atoms with Gasteiger partial charge in [0.25, 0.3) is 15.6 Å². The number of rotatable bonds is 8. The van der Waals surface area contributed by atoms with Gasteiger partial charge in [-0.2, -0.15) is 0 Å². The van der Waals surface area contributed by atoms with Gasteiger partial charge in [-0.1, -0.05) is 23.9 Å². The maximum absolute atomic E-state index is 12.5. The number of fused-ring (bicyclic) bond motifs is 1. The summed E-state index contributed by atoms with van der Waals surface area (Å²) in [5, 5.41) is 3.81. The van der Waals surface area contributed by atoms with Crippen molar-refractivity contribution < 1.29 is 13.2 Å². The van der Waals surface area contributed by atoms with Gasteiger partial charge in [0.1, 0.15) is 0 Å². The number of para-hydroxylation sites is 1. The fourth-order valence-electron chi connectivity index (χ4n) is 3.03. The summed E-state index contributed by atoms with van der Waals surface area (Å²) in [6, 6.07) is 14.5. The van der Waals surface area contributed by atoms with Gasteiger partial charge in [0.15, 0.2) is 5.16 Å². The molecule has 4 aromatic rings. The van der Waals surface area contributed by atoms with E-state index in [1.807, 2.05) is 6.07 Å². The summed E-state index contributed by atoms with van der Waals surface area (Å²) in [5.41, 5.74) is 0.933. The molecule has 2 aromatic heterocycles.